The van der Waals surface area contributed by atoms with E-state index in [4.69, 9.17) is 4.74 Å². The fraction of sp³-hybridized carbons (Fsp3) is 0.346. The second-order valence-electron chi connectivity index (χ2n) is 8.34. The van der Waals surface area contributed by atoms with Crippen LogP contribution in [0.4, 0.5) is 0 Å². The molecule has 0 bridgehead atoms. The Kier molecular flexibility index (Phi) is 7.83. The summed E-state index contributed by atoms with van der Waals surface area (Å²) >= 11 is 0. The Hall–Kier alpha value is -2.81. The molecule has 154 valence electrons. The van der Waals surface area contributed by atoms with Gasteiger partial charge in [-0.2, -0.15) is 0 Å². The minimum absolute atomic E-state index is 0.133. The third kappa shape index (κ3) is 7.26. The molecule has 1 aromatic carbocycles. The molecule has 0 amide bonds. The van der Waals surface area contributed by atoms with Crippen LogP contribution in [0.2, 0.25) is 0 Å². The van der Waals surface area contributed by atoms with Crippen molar-refractivity contribution in [3.05, 3.63) is 83.0 Å². The largest absolute Gasteiger partial charge is 0.508 e. The highest BCUT2D eigenvalue weighted by atomic mass is 16.5. The molecule has 0 saturated heterocycles. The molecule has 1 aromatic rings. The number of carbonyl (C=O) groups excluding carboxylic acids is 1. The highest BCUT2D eigenvalue weighted by Gasteiger charge is 2.26. The molecule has 0 aromatic heterocycles. The molecule has 3 nitrogen and oxygen atoms in total. The van der Waals surface area contributed by atoms with Crippen molar-refractivity contribution in [1.29, 1.82) is 0 Å². The monoisotopic (exact) mass is 392 g/mol. The van der Waals surface area contributed by atoms with Crippen molar-refractivity contribution in [2.24, 2.45) is 5.41 Å². The van der Waals surface area contributed by atoms with Gasteiger partial charge in [-0.25, -0.2) is 4.79 Å². The van der Waals surface area contributed by atoms with E-state index in [1.54, 1.807) is 12.1 Å². The predicted octanol–water partition coefficient (Wildman–Crippen LogP) is 6.83. The number of esters is 1. The van der Waals surface area contributed by atoms with Gasteiger partial charge in [0.1, 0.15) is 11.5 Å². The van der Waals surface area contributed by atoms with Crippen molar-refractivity contribution in [1.82, 2.24) is 0 Å². The summed E-state index contributed by atoms with van der Waals surface area (Å²) in [5.74, 6) is 0.0893. The number of allylic oxidation sites excluding steroid dienone is 9. The number of aromatic hydroxyl groups is 1. The molecule has 0 heterocycles. The number of benzene rings is 1. The zero-order valence-electron chi connectivity index (χ0n) is 18.2. The number of hydrogen-bond acceptors (Lipinski definition) is 3. The van der Waals surface area contributed by atoms with Gasteiger partial charge in [0.15, 0.2) is 0 Å². The van der Waals surface area contributed by atoms with E-state index >= 15 is 0 Å². The molecule has 1 N–H and O–H groups in total. The van der Waals surface area contributed by atoms with Gasteiger partial charge in [-0.1, -0.05) is 55.4 Å². The molecule has 29 heavy (non-hydrogen) atoms. The maximum atomic E-state index is 11.9. The van der Waals surface area contributed by atoms with Gasteiger partial charge in [0.2, 0.25) is 0 Å². The second-order valence-corrected chi connectivity index (χ2v) is 8.34. The van der Waals surface area contributed by atoms with Gasteiger partial charge in [0.25, 0.3) is 0 Å². The first-order valence-corrected chi connectivity index (χ1v) is 10.1. The Bertz CT molecular complexity index is 875. The SMILES string of the molecule is CC1=C(/C=C/C(C)=C/C=C/C(C)=C/C(=O)Oc2ccc(O)cc2)C(C)(C)CCC1. The van der Waals surface area contributed by atoms with Crippen LogP contribution in [0, 0.1) is 5.41 Å². The number of phenols is 1. The normalized spacial score (nSPS) is 18.0. The molecule has 0 fully saturated rings. The highest BCUT2D eigenvalue weighted by molar-refractivity contribution is 5.85. The second kappa shape index (κ2) is 10.1. The Morgan fingerprint density at radius 3 is 2.45 bits per heavy atom. The van der Waals surface area contributed by atoms with E-state index in [2.05, 4.69) is 39.8 Å². The van der Waals surface area contributed by atoms with Crippen LogP contribution >= 0.6 is 0 Å². The lowest BCUT2D eigenvalue weighted by atomic mass is 9.72. The molecule has 1 aliphatic carbocycles. The number of phenolic OH excluding ortho intramolecular Hbond substituents is 1. The van der Waals surface area contributed by atoms with Crippen LogP contribution in [0.15, 0.2) is 83.0 Å². The van der Waals surface area contributed by atoms with Crippen molar-refractivity contribution >= 4 is 5.97 Å². The van der Waals surface area contributed by atoms with Crippen molar-refractivity contribution in [2.75, 3.05) is 0 Å². The summed E-state index contributed by atoms with van der Waals surface area (Å²) in [4.78, 5) is 11.9. The zero-order chi connectivity index (χ0) is 21.4. The van der Waals surface area contributed by atoms with E-state index in [0.29, 0.717) is 5.75 Å². The van der Waals surface area contributed by atoms with Gasteiger partial charge >= 0.3 is 5.97 Å². The maximum Gasteiger partial charge on any atom is 0.336 e. The third-order valence-electron chi connectivity index (χ3n) is 5.17. The summed E-state index contributed by atoms with van der Waals surface area (Å²) in [5, 5.41) is 9.25. The van der Waals surface area contributed by atoms with Gasteiger partial charge < -0.3 is 9.84 Å². The van der Waals surface area contributed by atoms with E-state index < -0.39 is 5.97 Å². The average Bonchev–Trinajstić information content (AvgIpc) is 2.62. The van der Waals surface area contributed by atoms with Gasteiger partial charge in [0, 0.05) is 6.08 Å². The molecule has 0 saturated carbocycles. The number of carbonyl (C=O) groups is 1. The molecule has 0 atom stereocenters. The first kappa shape index (κ1) is 22.5. The summed E-state index contributed by atoms with van der Waals surface area (Å²) in [7, 11) is 0. The summed E-state index contributed by atoms with van der Waals surface area (Å²) < 4.78 is 5.21. The fourth-order valence-electron chi connectivity index (χ4n) is 3.53. The van der Waals surface area contributed by atoms with E-state index in [9.17, 15) is 9.90 Å². The predicted molar refractivity (Wildman–Crippen MR) is 120 cm³/mol. The molecule has 0 radical (unpaired) electrons. The van der Waals surface area contributed by atoms with Crippen LogP contribution in [-0.4, -0.2) is 11.1 Å². The van der Waals surface area contributed by atoms with Crippen LogP contribution in [0.5, 0.6) is 11.5 Å². The first-order valence-electron chi connectivity index (χ1n) is 10.1. The molecular weight excluding hydrogens is 360 g/mol. The molecular formula is C26H32O3. The standard InChI is InChI=1S/C26H32O3/c1-19(11-16-24-21(3)10-7-17-26(24,4)5)8-6-9-20(2)18-25(28)29-23-14-12-22(27)13-15-23/h6,8-9,11-16,18,27H,7,10,17H2,1-5H3/b9-6+,16-11+,19-8+,20-18+. The molecule has 0 unspecified atom stereocenters. The zero-order valence-corrected chi connectivity index (χ0v) is 18.2. The molecule has 0 spiro atoms. The summed E-state index contributed by atoms with van der Waals surface area (Å²) in [6, 6.07) is 6.06. The lowest BCUT2D eigenvalue weighted by Gasteiger charge is -2.32. The van der Waals surface area contributed by atoms with E-state index in [1.165, 1.54) is 48.6 Å². The molecule has 0 aliphatic heterocycles. The highest BCUT2D eigenvalue weighted by Crippen LogP contribution is 2.40. The van der Waals surface area contributed by atoms with E-state index in [-0.39, 0.29) is 11.2 Å². The lowest BCUT2D eigenvalue weighted by molar-refractivity contribution is -0.129. The molecule has 3 heteroatoms. The Morgan fingerprint density at radius 2 is 1.79 bits per heavy atom. The van der Waals surface area contributed by atoms with Crippen LogP contribution in [0.1, 0.15) is 53.9 Å². The van der Waals surface area contributed by atoms with Crippen molar-refractivity contribution in [3.8, 4) is 11.5 Å². The Labute approximate surface area is 174 Å². The summed E-state index contributed by atoms with van der Waals surface area (Å²) in [5.41, 5.74) is 5.14. The van der Waals surface area contributed by atoms with E-state index in [1.807, 2.05) is 25.2 Å². The number of ether oxygens (including phenoxy) is 1. The molecule has 1 aliphatic rings. The van der Waals surface area contributed by atoms with Gasteiger partial charge in [-0.3, -0.25) is 0 Å². The fourth-order valence-corrected chi connectivity index (χ4v) is 3.53. The van der Waals surface area contributed by atoms with E-state index in [0.717, 1.165) is 11.1 Å². The van der Waals surface area contributed by atoms with Gasteiger partial charge in [0.05, 0.1) is 0 Å². The summed E-state index contributed by atoms with van der Waals surface area (Å²) in [6.07, 6.45) is 15.4. The first-order chi connectivity index (χ1) is 13.7. The third-order valence-corrected chi connectivity index (χ3v) is 5.17. The van der Waals surface area contributed by atoms with Crippen molar-refractivity contribution in [2.45, 2.75) is 53.9 Å². The minimum Gasteiger partial charge on any atom is -0.508 e. The van der Waals surface area contributed by atoms with Crippen LogP contribution in [0.25, 0.3) is 0 Å². The van der Waals surface area contributed by atoms with Crippen LogP contribution in [-0.2, 0) is 4.79 Å². The number of rotatable bonds is 6. The van der Waals surface area contributed by atoms with Gasteiger partial charge in [-0.05, 0) is 80.9 Å². The van der Waals surface area contributed by atoms with Gasteiger partial charge in [-0.15, -0.1) is 0 Å². The average molecular weight is 393 g/mol. The Balaban J connectivity index is 1.95. The minimum atomic E-state index is -0.444. The number of hydrogen-bond donors (Lipinski definition) is 1. The molecule has 2 rings (SSSR count). The maximum absolute atomic E-state index is 11.9. The quantitative estimate of drug-likeness (QED) is 0.250. The van der Waals surface area contributed by atoms with Crippen molar-refractivity contribution < 1.29 is 14.6 Å². The summed E-state index contributed by atoms with van der Waals surface area (Å²) in [6.45, 7) is 10.8. The lowest BCUT2D eigenvalue weighted by Crippen LogP contribution is -2.19. The van der Waals surface area contributed by atoms with Crippen molar-refractivity contribution in [3.63, 3.8) is 0 Å². The smallest absolute Gasteiger partial charge is 0.336 e. The van der Waals surface area contributed by atoms with Crippen LogP contribution in [0.3, 0.4) is 0 Å². The topological polar surface area (TPSA) is 46.5 Å². The Morgan fingerprint density at radius 1 is 1.10 bits per heavy atom. The van der Waals surface area contributed by atoms with Crippen LogP contribution < -0.4 is 4.74 Å².